The van der Waals surface area contributed by atoms with Gasteiger partial charge in [-0.2, -0.15) is 0 Å². The smallest absolute Gasteiger partial charge is 0.220 e. The van der Waals surface area contributed by atoms with Gasteiger partial charge < -0.3 is 19.9 Å². The Morgan fingerprint density at radius 2 is 2.00 bits per heavy atom. The average Bonchev–Trinajstić information content (AvgIpc) is 3.51. The van der Waals surface area contributed by atoms with Crippen LogP contribution in [0, 0.1) is 0 Å². The normalized spacial score (nSPS) is 18.3. The molecule has 0 bridgehead atoms. The van der Waals surface area contributed by atoms with Gasteiger partial charge >= 0.3 is 0 Å². The van der Waals surface area contributed by atoms with E-state index >= 15 is 0 Å². The Labute approximate surface area is 200 Å². The second-order valence-electron chi connectivity index (χ2n) is 8.97. The highest BCUT2D eigenvalue weighted by molar-refractivity contribution is 5.80. The molecule has 2 atom stereocenters. The molecular formula is C27H32N4O3. The third kappa shape index (κ3) is 6.25. The summed E-state index contributed by atoms with van der Waals surface area (Å²) in [5, 5.41) is 6.39. The topological polar surface area (TPSA) is 85.2 Å². The molecular weight excluding hydrogens is 428 g/mol. The van der Waals surface area contributed by atoms with E-state index in [1.807, 2.05) is 65.4 Å². The molecule has 2 aromatic carbocycles. The third-order valence-corrected chi connectivity index (χ3v) is 6.54. The van der Waals surface area contributed by atoms with Gasteiger partial charge in [0.2, 0.25) is 11.8 Å². The van der Waals surface area contributed by atoms with Crippen LogP contribution >= 0.6 is 0 Å². The van der Waals surface area contributed by atoms with Gasteiger partial charge in [0, 0.05) is 37.3 Å². The number of carbonyl (C=O) groups is 2. The largest absolute Gasteiger partial charge is 0.497 e. The van der Waals surface area contributed by atoms with Gasteiger partial charge in [0.15, 0.2) is 0 Å². The van der Waals surface area contributed by atoms with Crippen LogP contribution in [0.4, 0.5) is 0 Å². The number of methoxy groups -OCH3 is 1. The zero-order valence-electron chi connectivity index (χ0n) is 19.6. The molecule has 4 rings (SSSR count). The van der Waals surface area contributed by atoms with Crippen molar-refractivity contribution in [3.05, 3.63) is 84.4 Å². The fourth-order valence-electron chi connectivity index (χ4n) is 4.64. The summed E-state index contributed by atoms with van der Waals surface area (Å²) in [6.45, 7) is 0.761. The first-order chi connectivity index (χ1) is 16.5. The summed E-state index contributed by atoms with van der Waals surface area (Å²) >= 11 is 0. The monoisotopic (exact) mass is 460 g/mol. The zero-order valence-corrected chi connectivity index (χ0v) is 19.6. The molecule has 0 spiro atoms. The van der Waals surface area contributed by atoms with Gasteiger partial charge in [-0.3, -0.25) is 9.59 Å². The fraction of sp³-hybridized carbons (Fsp3) is 0.370. The fourth-order valence-corrected chi connectivity index (χ4v) is 4.64. The maximum atomic E-state index is 13.0. The van der Waals surface area contributed by atoms with Gasteiger partial charge in [0.1, 0.15) is 5.75 Å². The molecule has 1 aliphatic rings. The van der Waals surface area contributed by atoms with Crippen molar-refractivity contribution >= 4 is 11.8 Å². The van der Waals surface area contributed by atoms with Gasteiger partial charge in [-0.25, -0.2) is 4.98 Å². The van der Waals surface area contributed by atoms with E-state index in [2.05, 4.69) is 15.6 Å². The molecule has 7 heteroatoms. The summed E-state index contributed by atoms with van der Waals surface area (Å²) in [5.74, 6) is 0.849. The number of benzene rings is 2. The number of aryl methyl sites for hydroxylation is 1. The average molecular weight is 461 g/mol. The van der Waals surface area contributed by atoms with Crippen LogP contribution < -0.4 is 15.4 Å². The van der Waals surface area contributed by atoms with Crippen LogP contribution in [0.3, 0.4) is 0 Å². The molecule has 7 nitrogen and oxygen atoms in total. The number of nitrogens with one attached hydrogen (secondary N) is 2. The number of imidazole rings is 1. The van der Waals surface area contributed by atoms with Gasteiger partial charge in [-0.05, 0) is 48.9 Å². The van der Waals surface area contributed by atoms with Crippen molar-refractivity contribution in [2.24, 2.45) is 0 Å². The molecule has 1 aliphatic heterocycles. The number of ether oxygens (including phenoxy) is 1. The molecule has 1 fully saturated rings. The number of hydrogen-bond donors (Lipinski definition) is 2. The quantitative estimate of drug-likeness (QED) is 0.456. The lowest BCUT2D eigenvalue weighted by Gasteiger charge is -2.30. The van der Waals surface area contributed by atoms with Crippen LogP contribution in [0.2, 0.25) is 0 Å². The van der Waals surface area contributed by atoms with Gasteiger partial charge in [-0.15, -0.1) is 0 Å². The van der Waals surface area contributed by atoms with Gasteiger partial charge in [-0.1, -0.05) is 42.5 Å². The van der Waals surface area contributed by atoms with Crippen molar-refractivity contribution in [1.29, 1.82) is 0 Å². The summed E-state index contributed by atoms with van der Waals surface area (Å²) in [4.78, 5) is 29.3. The summed E-state index contributed by atoms with van der Waals surface area (Å²) in [6.07, 6.45) is 9.10. The van der Waals surface area contributed by atoms with Gasteiger partial charge in [0.25, 0.3) is 0 Å². The highest BCUT2D eigenvalue weighted by Crippen LogP contribution is 2.30. The van der Waals surface area contributed by atoms with Crippen molar-refractivity contribution in [1.82, 2.24) is 20.2 Å². The summed E-state index contributed by atoms with van der Waals surface area (Å²) in [7, 11) is 1.64. The number of aromatic nitrogens is 2. The predicted octanol–water partition coefficient (Wildman–Crippen LogP) is 3.81. The highest BCUT2D eigenvalue weighted by Gasteiger charge is 2.38. The number of hydrogen-bond acceptors (Lipinski definition) is 4. The first kappa shape index (κ1) is 23.5. The molecule has 2 heterocycles. The van der Waals surface area contributed by atoms with Crippen molar-refractivity contribution in [2.45, 2.75) is 56.7 Å². The summed E-state index contributed by atoms with van der Waals surface area (Å²) in [5.41, 5.74) is 1.80. The van der Waals surface area contributed by atoms with Crippen molar-refractivity contribution < 1.29 is 14.3 Å². The molecule has 2 unspecified atom stereocenters. The lowest BCUT2D eigenvalue weighted by Crippen LogP contribution is -2.44. The summed E-state index contributed by atoms with van der Waals surface area (Å²) in [6, 6.07) is 17.8. The van der Waals surface area contributed by atoms with E-state index in [1.165, 1.54) is 0 Å². The molecule has 0 radical (unpaired) electrons. The van der Waals surface area contributed by atoms with E-state index in [4.69, 9.17) is 4.74 Å². The molecule has 1 saturated heterocycles. The maximum absolute atomic E-state index is 13.0. The summed E-state index contributed by atoms with van der Waals surface area (Å²) < 4.78 is 7.26. The van der Waals surface area contributed by atoms with E-state index in [-0.39, 0.29) is 17.9 Å². The van der Waals surface area contributed by atoms with E-state index in [1.54, 1.807) is 19.6 Å². The third-order valence-electron chi connectivity index (χ3n) is 6.54. The first-order valence-electron chi connectivity index (χ1n) is 11.8. The van der Waals surface area contributed by atoms with Crippen molar-refractivity contribution in [3.8, 4) is 5.75 Å². The number of rotatable bonds is 11. The van der Waals surface area contributed by atoms with E-state index in [9.17, 15) is 9.59 Å². The molecule has 1 aromatic heterocycles. The Balaban J connectivity index is 1.39. The first-order valence-corrected chi connectivity index (χ1v) is 11.8. The molecule has 0 aliphatic carbocycles. The Morgan fingerprint density at radius 1 is 1.21 bits per heavy atom. The second kappa shape index (κ2) is 11.0. The Hall–Kier alpha value is -3.61. The van der Waals surface area contributed by atoms with Gasteiger partial charge in [0.05, 0.1) is 19.5 Å². The van der Waals surface area contributed by atoms with Crippen LogP contribution in [0.25, 0.3) is 0 Å². The van der Waals surface area contributed by atoms with Crippen LogP contribution in [0.1, 0.15) is 49.3 Å². The van der Waals surface area contributed by atoms with Crippen LogP contribution in [0.15, 0.2) is 73.3 Å². The second-order valence-corrected chi connectivity index (χ2v) is 8.97. The van der Waals surface area contributed by atoms with E-state index < -0.39 is 5.54 Å². The van der Waals surface area contributed by atoms with Crippen molar-refractivity contribution in [3.63, 3.8) is 0 Å². The van der Waals surface area contributed by atoms with E-state index in [0.717, 1.165) is 36.3 Å². The Kier molecular flexibility index (Phi) is 7.62. The Bertz CT molecular complexity index is 1070. The molecule has 34 heavy (non-hydrogen) atoms. The SMILES string of the molecule is COc1ccc(CC2(CCC(=O)NC(CCn3ccnc3)c3ccccc3)CCC(=O)N2)cc1. The Morgan fingerprint density at radius 3 is 2.65 bits per heavy atom. The molecule has 3 aromatic rings. The molecule has 178 valence electrons. The standard InChI is InChI=1S/C27H32N4O3/c1-34-23-9-7-21(8-10-23)19-27(15-12-26(33)30-27)14-11-25(32)29-24(22-5-3-2-4-6-22)13-17-31-18-16-28-20-31/h2-10,16,18,20,24H,11-15,17,19H2,1H3,(H,29,32)(H,30,33). The minimum Gasteiger partial charge on any atom is -0.497 e. The van der Waals surface area contributed by atoms with Crippen LogP contribution in [-0.4, -0.2) is 34.0 Å². The maximum Gasteiger partial charge on any atom is 0.220 e. The van der Waals surface area contributed by atoms with Crippen LogP contribution in [0.5, 0.6) is 5.75 Å². The molecule has 2 N–H and O–H groups in total. The van der Waals surface area contributed by atoms with Crippen molar-refractivity contribution in [2.75, 3.05) is 7.11 Å². The lowest BCUT2D eigenvalue weighted by molar-refractivity contribution is -0.123. The van der Waals surface area contributed by atoms with Crippen LogP contribution in [-0.2, 0) is 22.6 Å². The number of carbonyl (C=O) groups excluding carboxylic acids is 2. The number of nitrogens with zero attached hydrogens (tertiary/aromatic N) is 2. The minimum absolute atomic E-state index is 0.00487. The zero-order chi connectivity index (χ0) is 23.8. The lowest BCUT2D eigenvalue weighted by atomic mass is 9.85. The predicted molar refractivity (Wildman–Crippen MR) is 130 cm³/mol. The molecule has 2 amide bonds. The number of amides is 2. The highest BCUT2D eigenvalue weighted by atomic mass is 16.5. The molecule has 0 saturated carbocycles. The minimum atomic E-state index is -0.401. The van der Waals surface area contributed by atoms with E-state index in [0.29, 0.717) is 25.7 Å².